The number of carbonyl (C=O) groups is 1. The fourth-order valence-corrected chi connectivity index (χ4v) is 3.97. The molecule has 0 saturated carbocycles. The first kappa shape index (κ1) is 15.9. The van der Waals surface area contributed by atoms with Crippen molar-refractivity contribution in [1.29, 1.82) is 0 Å². The van der Waals surface area contributed by atoms with E-state index in [0.717, 1.165) is 28.9 Å². The van der Waals surface area contributed by atoms with Crippen LogP contribution in [0, 0.1) is 0 Å². The van der Waals surface area contributed by atoms with Gasteiger partial charge in [0.15, 0.2) is 0 Å². The maximum absolute atomic E-state index is 13.0. The average molecular weight is 360 g/mol. The molecule has 1 amide bonds. The van der Waals surface area contributed by atoms with Crippen LogP contribution in [0.2, 0.25) is 0 Å². The molecular weight excluding hydrogens is 340 g/mol. The van der Waals surface area contributed by atoms with E-state index in [9.17, 15) is 4.79 Å². The van der Waals surface area contributed by atoms with Gasteiger partial charge in [-0.3, -0.25) is 9.79 Å². The predicted octanol–water partition coefficient (Wildman–Crippen LogP) is 3.12. The molecule has 0 radical (unpaired) electrons. The van der Waals surface area contributed by atoms with E-state index in [4.69, 9.17) is 4.74 Å². The van der Waals surface area contributed by atoms with Crippen molar-refractivity contribution in [3.05, 3.63) is 59.8 Å². The van der Waals surface area contributed by atoms with Gasteiger partial charge in [0.1, 0.15) is 17.8 Å². The summed E-state index contributed by atoms with van der Waals surface area (Å²) in [5.41, 5.74) is 4.30. The largest absolute Gasteiger partial charge is 0.497 e. The van der Waals surface area contributed by atoms with Crippen molar-refractivity contribution in [2.45, 2.75) is 18.5 Å². The number of aromatic nitrogens is 1. The minimum atomic E-state index is -0.347. The van der Waals surface area contributed by atoms with E-state index in [2.05, 4.69) is 27.4 Å². The number of benzene rings is 2. The molecule has 3 heterocycles. The molecule has 2 unspecified atom stereocenters. The highest BCUT2D eigenvalue weighted by Gasteiger charge is 2.41. The smallest absolute Gasteiger partial charge is 0.252 e. The highest BCUT2D eigenvalue weighted by Crippen LogP contribution is 2.40. The lowest BCUT2D eigenvalue weighted by molar-refractivity contribution is -0.128. The number of amides is 1. The van der Waals surface area contributed by atoms with Gasteiger partial charge in [-0.05, 0) is 36.2 Å². The van der Waals surface area contributed by atoms with Gasteiger partial charge in [-0.1, -0.05) is 18.2 Å². The minimum absolute atomic E-state index is 0.0602. The third kappa shape index (κ3) is 2.56. The van der Waals surface area contributed by atoms with Crippen molar-refractivity contribution in [2.75, 3.05) is 19.0 Å². The van der Waals surface area contributed by atoms with Gasteiger partial charge < -0.3 is 19.9 Å². The third-order valence-electron chi connectivity index (χ3n) is 5.42. The summed E-state index contributed by atoms with van der Waals surface area (Å²) in [5.74, 6) is 0.839. The lowest BCUT2D eigenvalue weighted by Crippen LogP contribution is -2.46. The maximum Gasteiger partial charge on any atom is 0.252 e. The Bertz CT molecular complexity index is 1060. The van der Waals surface area contributed by atoms with Gasteiger partial charge >= 0.3 is 0 Å². The van der Waals surface area contributed by atoms with Crippen LogP contribution in [-0.2, 0) is 11.2 Å². The molecule has 1 aromatic heterocycles. The zero-order valence-electron chi connectivity index (χ0n) is 15.0. The highest BCUT2D eigenvalue weighted by molar-refractivity contribution is 5.98. The van der Waals surface area contributed by atoms with E-state index < -0.39 is 0 Å². The van der Waals surface area contributed by atoms with Gasteiger partial charge in [0.2, 0.25) is 0 Å². The number of hydrogen-bond donors (Lipinski definition) is 2. The number of hydrogen-bond acceptors (Lipinski definition) is 4. The molecule has 6 nitrogen and oxygen atoms in total. The second-order valence-electron chi connectivity index (χ2n) is 6.93. The summed E-state index contributed by atoms with van der Waals surface area (Å²) >= 11 is 0. The van der Waals surface area contributed by atoms with Crippen LogP contribution in [-0.4, -0.2) is 41.8 Å². The number of nitrogens with zero attached hydrogens (tertiary/aromatic N) is 2. The number of anilines is 1. The Balaban J connectivity index is 1.35. The molecule has 2 aromatic carbocycles. The summed E-state index contributed by atoms with van der Waals surface area (Å²) in [5, 5.41) is 4.53. The van der Waals surface area contributed by atoms with Crippen molar-refractivity contribution in [2.24, 2.45) is 4.99 Å². The summed E-state index contributed by atoms with van der Waals surface area (Å²) in [6.07, 6.45) is 4.49. The van der Waals surface area contributed by atoms with Gasteiger partial charge in [-0.25, -0.2) is 0 Å². The molecule has 2 aliphatic rings. The number of methoxy groups -OCH3 is 1. The summed E-state index contributed by atoms with van der Waals surface area (Å²) in [4.78, 5) is 22.6. The van der Waals surface area contributed by atoms with Crippen LogP contribution in [0.3, 0.4) is 0 Å². The molecule has 0 saturated heterocycles. The zero-order chi connectivity index (χ0) is 18.4. The number of aromatic amines is 1. The molecule has 0 bridgehead atoms. The first-order valence-corrected chi connectivity index (χ1v) is 9.08. The summed E-state index contributed by atoms with van der Waals surface area (Å²) in [6, 6.07) is 13.5. The summed E-state index contributed by atoms with van der Waals surface area (Å²) < 4.78 is 5.30. The number of H-pyrrole nitrogens is 1. The first-order valence-electron chi connectivity index (χ1n) is 9.08. The van der Waals surface area contributed by atoms with Gasteiger partial charge in [0.05, 0.1) is 13.4 Å². The Morgan fingerprint density at radius 1 is 1.22 bits per heavy atom. The number of para-hydroxylation sites is 1. The zero-order valence-corrected chi connectivity index (χ0v) is 15.0. The predicted molar refractivity (Wildman–Crippen MR) is 105 cm³/mol. The SMILES string of the molecule is COc1ccc2c(c1)C1N=CN(CCc3c[nH]c4ccccc34)C(=O)C1N2. The Kier molecular flexibility index (Phi) is 3.63. The Hall–Kier alpha value is -3.28. The summed E-state index contributed by atoms with van der Waals surface area (Å²) in [7, 11) is 1.64. The molecule has 6 heteroatoms. The Morgan fingerprint density at radius 3 is 3.00 bits per heavy atom. The van der Waals surface area contributed by atoms with E-state index >= 15 is 0 Å². The fraction of sp³-hybridized carbons (Fsp3) is 0.238. The molecule has 136 valence electrons. The van der Waals surface area contributed by atoms with Gasteiger partial charge in [-0.15, -0.1) is 0 Å². The monoisotopic (exact) mass is 360 g/mol. The van der Waals surface area contributed by atoms with Crippen molar-refractivity contribution in [3.63, 3.8) is 0 Å². The second kappa shape index (κ2) is 6.16. The van der Waals surface area contributed by atoms with Crippen LogP contribution < -0.4 is 10.1 Å². The molecule has 3 aromatic rings. The van der Waals surface area contributed by atoms with Crippen molar-refractivity contribution >= 4 is 28.8 Å². The van der Waals surface area contributed by atoms with Crippen LogP contribution in [0.5, 0.6) is 5.75 Å². The van der Waals surface area contributed by atoms with Gasteiger partial charge in [-0.2, -0.15) is 0 Å². The standard InChI is InChI=1S/C21H20N4O2/c1-27-14-6-7-18-16(10-14)19-20(24-18)21(26)25(12-23-19)9-8-13-11-22-17-5-3-2-4-15(13)17/h2-7,10-12,19-20,22,24H,8-9H2,1H3. The lowest BCUT2D eigenvalue weighted by atomic mass is 10.0. The van der Waals surface area contributed by atoms with E-state index in [-0.39, 0.29) is 18.0 Å². The number of ether oxygens (including phenoxy) is 1. The van der Waals surface area contributed by atoms with E-state index in [1.54, 1.807) is 18.3 Å². The molecule has 0 spiro atoms. The quantitative estimate of drug-likeness (QED) is 0.751. The maximum atomic E-state index is 13.0. The fourth-order valence-electron chi connectivity index (χ4n) is 3.97. The number of nitrogens with one attached hydrogen (secondary N) is 2. The molecule has 2 atom stereocenters. The topological polar surface area (TPSA) is 69.7 Å². The van der Waals surface area contributed by atoms with Crippen LogP contribution in [0.1, 0.15) is 17.2 Å². The number of fused-ring (bicyclic) bond motifs is 4. The van der Waals surface area contributed by atoms with Crippen LogP contribution in [0.25, 0.3) is 10.9 Å². The summed E-state index contributed by atoms with van der Waals surface area (Å²) in [6.45, 7) is 0.606. The van der Waals surface area contributed by atoms with Gasteiger partial charge in [0.25, 0.3) is 5.91 Å². The molecule has 0 fully saturated rings. The molecule has 27 heavy (non-hydrogen) atoms. The van der Waals surface area contributed by atoms with Crippen molar-refractivity contribution in [1.82, 2.24) is 9.88 Å². The van der Waals surface area contributed by atoms with Crippen molar-refractivity contribution in [3.8, 4) is 5.75 Å². The van der Waals surface area contributed by atoms with Gasteiger partial charge in [0, 0.05) is 34.9 Å². The molecule has 2 aliphatic heterocycles. The lowest BCUT2D eigenvalue weighted by Gasteiger charge is -2.28. The van der Waals surface area contributed by atoms with E-state index in [1.165, 1.54) is 10.9 Å². The number of aliphatic imine (C=N–C) groups is 1. The van der Waals surface area contributed by atoms with Crippen molar-refractivity contribution < 1.29 is 9.53 Å². The van der Waals surface area contributed by atoms with Crippen LogP contribution in [0.4, 0.5) is 5.69 Å². The highest BCUT2D eigenvalue weighted by atomic mass is 16.5. The molecule has 0 aliphatic carbocycles. The minimum Gasteiger partial charge on any atom is -0.497 e. The molecule has 5 rings (SSSR count). The molecular formula is C21H20N4O2. The van der Waals surface area contributed by atoms with Crippen LogP contribution in [0.15, 0.2) is 53.7 Å². The first-order chi connectivity index (χ1) is 13.2. The Morgan fingerprint density at radius 2 is 2.11 bits per heavy atom. The third-order valence-corrected chi connectivity index (χ3v) is 5.42. The van der Waals surface area contributed by atoms with E-state index in [0.29, 0.717) is 6.54 Å². The average Bonchev–Trinajstić information content (AvgIpc) is 3.29. The van der Waals surface area contributed by atoms with E-state index in [1.807, 2.05) is 36.5 Å². The molecule has 2 N–H and O–H groups in total. The van der Waals surface area contributed by atoms with Crippen LogP contribution >= 0.6 is 0 Å². The number of carbonyl (C=O) groups excluding carboxylic acids is 1. The number of rotatable bonds is 4. The second-order valence-corrected chi connectivity index (χ2v) is 6.93. The normalized spacial score (nSPS) is 20.5. The Labute approximate surface area is 156 Å².